The van der Waals surface area contributed by atoms with Gasteiger partial charge in [0.05, 0.1) is 5.92 Å². The number of rotatable bonds is 7. The molecular weight excluding hydrogens is 204 g/mol. The van der Waals surface area contributed by atoms with Gasteiger partial charge >= 0.3 is 5.97 Å². The molecule has 0 radical (unpaired) electrons. The quantitative estimate of drug-likeness (QED) is 0.719. The Morgan fingerprint density at radius 1 is 1.31 bits per heavy atom. The number of carbonyl (C=O) groups is 1. The van der Waals surface area contributed by atoms with E-state index in [4.69, 9.17) is 5.11 Å². The number of carboxylic acids is 1. The number of aromatic nitrogens is 2. The molecule has 0 amide bonds. The van der Waals surface area contributed by atoms with Crippen LogP contribution in [0.1, 0.15) is 38.4 Å². The van der Waals surface area contributed by atoms with Gasteiger partial charge in [-0.1, -0.05) is 19.8 Å². The number of hydrogen-bond acceptors (Lipinski definition) is 3. The highest BCUT2D eigenvalue weighted by Gasteiger charge is 2.09. The van der Waals surface area contributed by atoms with E-state index < -0.39 is 5.97 Å². The Hall–Kier alpha value is -1.45. The molecule has 0 bridgehead atoms. The van der Waals surface area contributed by atoms with E-state index in [2.05, 4.69) is 9.97 Å². The van der Waals surface area contributed by atoms with E-state index in [0.29, 0.717) is 0 Å². The lowest BCUT2D eigenvalue weighted by Crippen LogP contribution is -2.08. The molecule has 0 aliphatic carbocycles. The van der Waals surface area contributed by atoms with Crippen molar-refractivity contribution in [3.63, 3.8) is 0 Å². The maximum atomic E-state index is 10.6. The molecule has 0 fully saturated rings. The molecule has 1 aromatic rings. The van der Waals surface area contributed by atoms with Gasteiger partial charge in [-0.2, -0.15) is 0 Å². The van der Waals surface area contributed by atoms with Gasteiger partial charge in [-0.3, -0.25) is 4.79 Å². The molecule has 4 nitrogen and oxygen atoms in total. The molecule has 1 aromatic heterocycles. The average molecular weight is 222 g/mol. The van der Waals surface area contributed by atoms with E-state index in [1.807, 2.05) is 0 Å². The Balaban J connectivity index is 2.07. The summed E-state index contributed by atoms with van der Waals surface area (Å²) in [5, 5.41) is 8.70. The fourth-order valence-electron chi connectivity index (χ4n) is 1.49. The molecule has 0 aliphatic rings. The molecule has 1 atom stereocenters. The standard InChI is InChI=1S/C12H18N2O2/c1-10(12(15)16)6-3-2-4-7-11-13-8-5-9-14-11/h5,8-10H,2-4,6-7H2,1H3,(H,15,16). The molecular formula is C12H18N2O2. The fourth-order valence-corrected chi connectivity index (χ4v) is 1.49. The first-order valence-corrected chi connectivity index (χ1v) is 5.69. The second-order valence-corrected chi connectivity index (χ2v) is 4.00. The van der Waals surface area contributed by atoms with Gasteiger partial charge in [-0.05, 0) is 18.9 Å². The van der Waals surface area contributed by atoms with Gasteiger partial charge in [0, 0.05) is 18.8 Å². The van der Waals surface area contributed by atoms with E-state index in [9.17, 15) is 4.79 Å². The molecule has 1 unspecified atom stereocenters. The van der Waals surface area contributed by atoms with Crippen molar-refractivity contribution >= 4 is 5.97 Å². The first kappa shape index (κ1) is 12.6. The molecule has 0 saturated heterocycles. The van der Waals surface area contributed by atoms with Crippen molar-refractivity contribution in [2.75, 3.05) is 0 Å². The largest absolute Gasteiger partial charge is 0.481 e. The second kappa shape index (κ2) is 6.93. The van der Waals surface area contributed by atoms with Crippen molar-refractivity contribution in [1.29, 1.82) is 0 Å². The van der Waals surface area contributed by atoms with Crippen LogP contribution in [0.15, 0.2) is 18.5 Å². The number of hydrogen-bond donors (Lipinski definition) is 1. The Morgan fingerprint density at radius 3 is 2.62 bits per heavy atom. The third-order valence-corrected chi connectivity index (χ3v) is 2.58. The lowest BCUT2D eigenvalue weighted by molar-refractivity contribution is -0.141. The zero-order valence-electron chi connectivity index (χ0n) is 9.59. The Kier molecular flexibility index (Phi) is 5.46. The van der Waals surface area contributed by atoms with E-state index in [1.165, 1.54) is 0 Å². The molecule has 4 heteroatoms. The summed E-state index contributed by atoms with van der Waals surface area (Å²) in [6.45, 7) is 1.75. The van der Waals surface area contributed by atoms with Crippen LogP contribution in [-0.4, -0.2) is 21.0 Å². The fraction of sp³-hybridized carbons (Fsp3) is 0.583. The molecule has 1 N–H and O–H groups in total. The lowest BCUT2D eigenvalue weighted by Gasteiger charge is -2.05. The molecule has 88 valence electrons. The predicted molar refractivity (Wildman–Crippen MR) is 61.0 cm³/mol. The number of carboxylic acid groups (broad SMARTS) is 1. The summed E-state index contributed by atoms with van der Waals surface area (Å²) in [5.41, 5.74) is 0. The lowest BCUT2D eigenvalue weighted by atomic mass is 10.0. The first-order valence-electron chi connectivity index (χ1n) is 5.69. The van der Waals surface area contributed by atoms with Gasteiger partial charge in [0.1, 0.15) is 5.82 Å². The maximum Gasteiger partial charge on any atom is 0.306 e. The third kappa shape index (κ3) is 4.87. The summed E-state index contributed by atoms with van der Waals surface area (Å²) in [4.78, 5) is 18.8. The summed E-state index contributed by atoms with van der Waals surface area (Å²) in [6.07, 6.45) is 8.14. The van der Waals surface area contributed by atoms with Gasteiger partial charge in [-0.15, -0.1) is 0 Å². The van der Waals surface area contributed by atoms with E-state index in [0.717, 1.165) is 37.9 Å². The van der Waals surface area contributed by atoms with Crippen molar-refractivity contribution in [3.05, 3.63) is 24.3 Å². The summed E-state index contributed by atoms with van der Waals surface area (Å²) >= 11 is 0. The maximum absolute atomic E-state index is 10.6. The molecule has 0 aromatic carbocycles. The van der Waals surface area contributed by atoms with Crippen LogP contribution < -0.4 is 0 Å². The van der Waals surface area contributed by atoms with Crippen LogP contribution in [0.3, 0.4) is 0 Å². The number of aliphatic carboxylic acids is 1. The van der Waals surface area contributed by atoms with E-state index in [1.54, 1.807) is 25.4 Å². The molecule has 1 rings (SSSR count). The second-order valence-electron chi connectivity index (χ2n) is 4.00. The minimum absolute atomic E-state index is 0.229. The van der Waals surface area contributed by atoms with Crippen molar-refractivity contribution in [3.8, 4) is 0 Å². The van der Waals surface area contributed by atoms with Crippen molar-refractivity contribution < 1.29 is 9.90 Å². The predicted octanol–water partition coefficient (Wildman–Crippen LogP) is 2.30. The molecule has 0 spiro atoms. The highest BCUT2D eigenvalue weighted by Crippen LogP contribution is 2.10. The van der Waals surface area contributed by atoms with Crippen LogP contribution in [0.4, 0.5) is 0 Å². The Labute approximate surface area is 95.7 Å². The average Bonchev–Trinajstić information content (AvgIpc) is 2.29. The topological polar surface area (TPSA) is 63.1 Å². The monoisotopic (exact) mass is 222 g/mol. The smallest absolute Gasteiger partial charge is 0.306 e. The van der Waals surface area contributed by atoms with Gasteiger partial charge in [0.25, 0.3) is 0 Å². The van der Waals surface area contributed by atoms with E-state index >= 15 is 0 Å². The zero-order chi connectivity index (χ0) is 11.8. The van der Waals surface area contributed by atoms with Crippen LogP contribution in [0.5, 0.6) is 0 Å². The van der Waals surface area contributed by atoms with Gasteiger partial charge < -0.3 is 5.11 Å². The van der Waals surface area contributed by atoms with Gasteiger partial charge in [0.15, 0.2) is 0 Å². The van der Waals surface area contributed by atoms with Crippen molar-refractivity contribution in [2.45, 2.75) is 39.0 Å². The van der Waals surface area contributed by atoms with Gasteiger partial charge in [-0.25, -0.2) is 9.97 Å². The Bertz CT molecular complexity index is 314. The number of nitrogens with zero attached hydrogens (tertiary/aromatic N) is 2. The van der Waals surface area contributed by atoms with Crippen LogP contribution in [0.25, 0.3) is 0 Å². The number of unbranched alkanes of at least 4 members (excludes halogenated alkanes) is 2. The van der Waals surface area contributed by atoms with Gasteiger partial charge in [0.2, 0.25) is 0 Å². The summed E-state index contributed by atoms with van der Waals surface area (Å²) < 4.78 is 0. The third-order valence-electron chi connectivity index (χ3n) is 2.58. The van der Waals surface area contributed by atoms with Crippen LogP contribution in [0, 0.1) is 5.92 Å². The summed E-state index contributed by atoms with van der Waals surface area (Å²) in [6, 6.07) is 1.80. The molecule has 1 heterocycles. The summed E-state index contributed by atoms with van der Waals surface area (Å²) in [5.74, 6) is -0.0619. The molecule has 0 saturated carbocycles. The summed E-state index contributed by atoms with van der Waals surface area (Å²) in [7, 11) is 0. The highest BCUT2D eigenvalue weighted by atomic mass is 16.4. The normalized spacial score (nSPS) is 12.3. The molecule has 0 aliphatic heterocycles. The minimum Gasteiger partial charge on any atom is -0.481 e. The first-order chi connectivity index (χ1) is 7.70. The van der Waals surface area contributed by atoms with Crippen LogP contribution in [0.2, 0.25) is 0 Å². The van der Waals surface area contributed by atoms with E-state index in [-0.39, 0.29) is 5.92 Å². The Morgan fingerprint density at radius 2 is 2.00 bits per heavy atom. The highest BCUT2D eigenvalue weighted by molar-refractivity contribution is 5.69. The SMILES string of the molecule is CC(CCCCCc1ncccn1)C(=O)O. The molecule has 16 heavy (non-hydrogen) atoms. The zero-order valence-corrected chi connectivity index (χ0v) is 9.59. The number of aryl methyl sites for hydroxylation is 1. The minimum atomic E-state index is -0.702. The van der Waals surface area contributed by atoms with Crippen LogP contribution >= 0.6 is 0 Å². The van der Waals surface area contributed by atoms with Crippen LogP contribution in [-0.2, 0) is 11.2 Å². The van der Waals surface area contributed by atoms with Crippen molar-refractivity contribution in [2.24, 2.45) is 5.92 Å². The van der Waals surface area contributed by atoms with Crippen molar-refractivity contribution in [1.82, 2.24) is 9.97 Å².